The summed E-state index contributed by atoms with van der Waals surface area (Å²) in [5.74, 6) is -0.952. The van der Waals surface area contributed by atoms with Crippen LogP contribution in [0, 0.1) is 0 Å². The number of unbranched alkanes of at least 4 members (excludes halogenated alkanes) is 24. The van der Waals surface area contributed by atoms with Crippen molar-refractivity contribution in [1.82, 2.24) is 0 Å². The lowest BCUT2D eigenvalue weighted by atomic mass is 10.1. The Morgan fingerprint density at radius 2 is 0.520 bits per heavy atom. The van der Waals surface area contributed by atoms with E-state index in [0.717, 1.165) is 122 Å². The number of carbonyl (C=O) groups excluding carboxylic acids is 3. The van der Waals surface area contributed by atoms with Crippen LogP contribution in [0.1, 0.15) is 278 Å². The number of carbonyl (C=O) groups is 3. The van der Waals surface area contributed by atoms with Gasteiger partial charge in [0.25, 0.3) is 0 Å². The SMILES string of the molecule is CC/C=C\C/C=C\C/C=C\C/C=C\C/C=C\CCCCCCCCCC(=O)OCC(COC(=O)CCCC/C=C\C/C=C\C/C=C\C/C=C\CC)OC(=O)CCCCCCCCCCC/C=C\CCCCCCCC. The quantitative estimate of drug-likeness (QED) is 0.0261. The Bertz CT molecular complexity index is 1570. The highest BCUT2D eigenvalue weighted by Crippen LogP contribution is 2.15. The van der Waals surface area contributed by atoms with Gasteiger partial charge in [-0.15, -0.1) is 0 Å². The third-order valence-electron chi connectivity index (χ3n) is 12.9. The van der Waals surface area contributed by atoms with E-state index in [4.69, 9.17) is 14.2 Å². The normalized spacial score (nSPS) is 12.9. The van der Waals surface area contributed by atoms with Crippen molar-refractivity contribution in [3.63, 3.8) is 0 Å². The maximum atomic E-state index is 12.9. The van der Waals surface area contributed by atoms with E-state index in [1.165, 1.54) is 116 Å². The molecule has 6 heteroatoms. The number of allylic oxidation sites excluding steroid dienone is 20. The van der Waals surface area contributed by atoms with Crippen molar-refractivity contribution in [3.05, 3.63) is 122 Å². The number of rotatable bonds is 55. The van der Waals surface area contributed by atoms with Gasteiger partial charge in [-0.25, -0.2) is 0 Å². The molecule has 0 amide bonds. The van der Waals surface area contributed by atoms with Crippen LogP contribution >= 0.6 is 0 Å². The zero-order chi connectivity index (χ0) is 54.3. The third-order valence-corrected chi connectivity index (χ3v) is 12.9. The van der Waals surface area contributed by atoms with Gasteiger partial charge in [-0.05, 0) is 128 Å². The molecular formula is C69H114O6. The van der Waals surface area contributed by atoms with Gasteiger partial charge in [-0.3, -0.25) is 14.4 Å². The minimum atomic E-state index is -0.805. The molecule has 6 nitrogen and oxygen atoms in total. The van der Waals surface area contributed by atoms with Gasteiger partial charge < -0.3 is 14.2 Å². The topological polar surface area (TPSA) is 78.9 Å². The van der Waals surface area contributed by atoms with E-state index in [1.54, 1.807) is 0 Å². The first-order valence-electron chi connectivity index (χ1n) is 31.0. The zero-order valence-electron chi connectivity index (χ0n) is 48.8. The molecule has 0 fully saturated rings. The summed E-state index contributed by atoms with van der Waals surface area (Å²) in [6.45, 7) is 6.37. The van der Waals surface area contributed by atoms with Gasteiger partial charge in [0.15, 0.2) is 6.10 Å². The molecule has 0 bridgehead atoms. The van der Waals surface area contributed by atoms with Crippen molar-refractivity contribution in [2.24, 2.45) is 0 Å². The van der Waals surface area contributed by atoms with Gasteiger partial charge in [0.1, 0.15) is 13.2 Å². The first-order valence-corrected chi connectivity index (χ1v) is 31.0. The number of hydrogen-bond donors (Lipinski definition) is 0. The molecule has 1 atom stereocenters. The lowest BCUT2D eigenvalue weighted by molar-refractivity contribution is -0.167. The molecule has 0 saturated heterocycles. The van der Waals surface area contributed by atoms with Crippen LogP contribution in [0.4, 0.5) is 0 Å². The standard InChI is InChI=1S/C69H114O6/c1-4-7-10-13-16-19-22-25-28-30-32-33-34-35-37-38-41-44-47-50-53-56-59-62-68(71)74-65-66(64-73-67(70)61-58-55-52-49-46-43-40-27-24-21-18-15-12-9-6-3)75-69(72)63-60-57-54-51-48-45-42-39-36-31-29-26-23-20-17-14-11-8-5-2/h7,9-10,12,16,18-19,21,25-29,32-33,35,37,40,46,49,66H,4-6,8,11,13-15,17,20,22-24,30-31,34,36,38-39,41-45,47-48,50-65H2,1-3H3/b10-7-,12-9-,19-16-,21-18-,28-25-,29-26-,33-32-,37-35-,40-27-,49-46-. The molecule has 0 aliphatic heterocycles. The average Bonchev–Trinajstić information content (AvgIpc) is 3.41. The van der Waals surface area contributed by atoms with E-state index in [-0.39, 0.29) is 31.1 Å². The maximum absolute atomic E-state index is 12.9. The van der Waals surface area contributed by atoms with Crippen molar-refractivity contribution in [2.45, 2.75) is 284 Å². The first kappa shape index (κ1) is 70.8. The minimum absolute atomic E-state index is 0.100. The largest absolute Gasteiger partial charge is 0.462 e. The fourth-order valence-electron chi connectivity index (χ4n) is 8.34. The summed E-state index contributed by atoms with van der Waals surface area (Å²) >= 11 is 0. The Morgan fingerprint density at radius 3 is 0.853 bits per heavy atom. The number of esters is 3. The summed E-state index contributed by atoms with van der Waals surface area (Å²) in [6, 6.07) is 0. The molecule has 0 N–H and O–H groups in total. The van der Waals surface area contributed by atoms with Gasteiger partial charge in [-0.2, -0.15) is 0 Å². The second-order valence-electron chi connectivity index (χ2n) is 20.2. The molecule has 0 aromatic carbocycles. The van der Waals surface area contributed by atoms with Crippen molar-refractivity contribution in [3.8, 4) is 0 Å². The zero-order valence-corrected chi connectivity index (χ0v) is 48.8. The highest BCUT2D eigenvalue weighted by atomic mass is 16.6. The molecule has 426 valence electrons. The molecule has 0 aliphatic rings. The Hall–Kier alpha value is -4.19. The summed E-state index contributed by atoms with van der Waals surface area (Å²) in [5, 5.41) is 0. The van der Waals surface area contributed by atoms with Crippen molar-refractivity contribution >= 4 is 17.9 Å². The van der Waals surface area contributed by atoms with Crippen LogP contribution in [0.3, 0.4) is 0 Å². The van der Waals surface area contributed by atoms with Crippen LogP contribution in [-0.4, -0.2) is 37.2 Å². The van der Waals surface area contributed by atoms with Crippen LogP contribution in [0.5, 0.6) is 0 Å². The molecule has 0 heterocycles. The smallest absolute Gasteiger partial charge is 0.306 e. The van der Waals surface area contributed by atoms with Gasteiger partial charge in [0.2, 0.25) is 0 Å². The Labute approximate surface area is 462 Å². The molecule has 0 aromatic rings. The third kappa shape index (κ3) is 60.6. The van der Waals surface area contributed by atoms with Crippen LogP contribution in [0.25, 0.3) is 0 Å². The summed E-state index contributed by atoms with van der Waals surface area (Å²) in [4.78, 5) is 38.3. The first-order chi connectivity index (χ1) is 37.0. The predicted octanol–water partition coefficient (Wildman–Crippen LogP) is 21.2. The Balaban J connectivity index is 4.44. The van der Waals surface area contributed by atoms with Gasteiger partial charge in [0.05, 0.1) is 0 Å². The van der Waals surface area contributed by atoms with Crippen molar-refractivity contribution < 1.29 is 28.6 Å². The van der Waals surface area contributed by atoms with E-state index in [1.807, 2.05) is 0 Å². The Morgan fingerprint density at radius 1 is 0.280 bits per heavy atom. The van der Waals surface area contributed by atoms with Crippen LogP contribution in [-0.2, 0) is 28.6 Å². The fourth-order valence-corrected chi connectivity index (χ4v) is 8.34. The van der Waals surface area contributed by atoms with Gasteiger partial charge in [0, 0.05) is 19.3 Å². The van der Waals surface area contributed by atoms with Crippen LogP contribution in [0.2, 0.25) is 0 Å². The average molecular weight is 1040 g/mol. The molecule has 0 rings (SSSR count). The predicted molar refractivity (Wildman–Crippen MR) is 325 cm³/mol. The lowest BCUT2D eigenvalue weighted by Crippen LogP contribution is -2.30. The molecule has 0 aromatic heterocycles. The van der Waals surface area contributed by atoms with E-state index in [2.05, 4.69) is 142 Å². The van der Waals surface area contributed by atoms with E-state index < -0.39 is 6.10 Å². The van der Waals surface area contributed by atoms with E-state index in [0.29, 0.717) is 19.3 Å². The second kappa shape index (κ2) is 62.4. The van der Waals surface area contributed by atoms with E-state index >= 15 is 0 Å². The van der Waals surface area contributed by atoms with E-state index in [9.17, 15) is 14.4 Å². The summed E-state index contributed by atoms with van der Waals surface area (Å²) in [6.07, 6.45) is 86.3. The fraction of sp³-hybridized carbons (Fsp3) is 0.667. The highest BCUT2D eigenvalue weighted by molar-refractivity contribution is 5.71. The molecule has 75 heavy (non-hydrogen) atoms. The van der Waals surface area contributed by atoms with Crippen LogP contribution in [0.15, 0.2) is 122 Å². The maximum Gasteiger partial charge on any atom is 0.306 e. The lowest BCUT2D eigenvalue weighted by Gasteiger charge is -2.18. The molecule has 0 saturated carbocycles. The van der Waals surface area contributed by atoms with Gasteiger partial charge >= 0.3 is 17.9 Å². The summed E-state index contributed by atoms with van der Waals surface area (Å²) in [5.41, 5.74) is 0. The number of hydrogen-bond acceptors (Lipinski definition) is 6. The van der Waals surface area contributed by atoms with Crippen molar-refractivity contribution in [2.75, 3.05) is 13.2 Å². The second-order valence-corrected chi connectivity index (χ2v) is 20.2. The summed E-state index contributed by atoms with van der Waals surface area (Å²) < 4.78 is 16.9. The molecule has 0 aliphatic carbocycles. The highest BCUT2D eigenvalue weighted by Gasteiger charge is 2.19. The minimum Gasteiger partial charge on any atom is -0.462 e. The molecule has 0 spiro atoms. The molecule has 0 radical (unpaired) electrons. The van der Waals surface area contributed by atoms with Crippen molar-refractivity contribution in [1.29, 1.82) is 0 Å². The van der Waals surface area contributed by atoms with Crippen LogP contribution < -0.4 is 0 Å². The summed E-state index contributed by atoms with van der Waals surface area (Å²) in [7, 11) is 0. The Kier molecular flexibility index (Phi) is 58.9. The monoisotopic (exact) mass is 1040 g/mol. The molecule has 1 unspecified atom stereocenters. The molecular weight excluding hydrogens is 925 g/mol. The van der Waals surface area contributed by atoms with Gasteiger partial charge in [-0.1, -0.05) is 251 Å². The number of ether oxygens (including phenoxy) is 3.